The number of rotatable bonds is 7. The molecule has 5 nitrogen and oxygen atoms in total. The molecule has 1 saturated heterocycles. The van der Waals surface area contributed by atoms with E-state index in [4.69, 9.17) is 16.2 Å². The van der Waals surface area contributed by atoms with Crippen molar-refractivity contribution in [3.05, 3.63) is 23.9 Å². The molecule has 0 radical (unpaired) electrons. The third kappa shape index (κ3) is 4.61. The Morgan fingerprint density at radius 2 is 1.83 bits per heavy atom. The molecule has 1 aliphatic carbocycles. The van der Waals surface area contributed by atoms with Crippen molar-refractivity contribution in [2.24, 2.45) is 11.3 Å². The molecule has 1 spiro atoms. The van der Waals surface area contributed by atoms with Gasteiger partial charge in [0.2, 0.25) is 0 Å². The van der Waals surface area contributed by atoms with Crippen LogP contribution in [0.1, 0.15) is 39.0 Å². The average Bonchev–Trinajstić information content (AvgIpc) is 2.49. The number of allylic oxidation sites excluding steroid dienone is 3. The van der Waals surface area contributed by atoms with Crippen molar-refractivity contribution < 1.29 is 0 Å². The van der Waals surface area contributed by atoms with Crippen LogP contribution in [-0.2, 0) is 0 Å². The van der Waals surface area contributed by atoms with Gasteiger partial charge in [-0.1, -0.05) is 0 Å². The van der Waals surface area contributed by atoms with Gasteiger partial charge in [0.15, 0.2) is 0 Å². The molecule has 5 heteroatoms. The third-order valence-corrected chi connectivity index (χ3v) is 5.05. The second-order valence-electron chi connectivity index (χ2n) is 6.97. The van der Waals surface area contributed by atoms with Gasteiger partial charge in [0, 0.05) is 30.2 Å². The van der Waals surface area contributed by atoms with E-state index < -0.39 is 0 Å². The highest BCUT2D eigenvalue weighted by atomic mass is 14.9. The van der Waals surface area contributed by atoms with E-state index in [1.54, 1.807) is 32.3 Å². The van der Waals surface area contributed by atoms with Gasteiger partial charge in [-0.2, -0.15) is 0 Å². The van der Waals surface area contributed by atoms with Crippen LogP contribution in [0.4, 0.5) is 0 Å². The lowest BCUT2D eigenvalue weighted by Gasteiger charge is -2.50. The predicted molar refractivity (Wildman–Crippen MR) is 97.0 cm³/mol. The molecule has 0 amide bonds. The number of nitrogens with one attached hydrogen (secondary N) is 5. The van der Waals surface area contributed by atoms with E-state index in [9.17, 15) is 0 Å². The zero-order valence-corrected chi connectivity index (χ0v) is 14.3. The molecule has 2 aliphatic rings. The molecule has 2 fully saturated rings. The average molecular weight is 315 g/mol. The molecule has 0 bridgehead atoms. The van der Waals surface area contributed by atoms with Crippen LogP contribution in [0, 0.1) is 27.6 Å². The summed E-state index contributed by atoms with van der Waals surface area (Å²) in [6.45, 7) is 3.96. The van der Waals surface area contributed by atoms with Gasteiger partial charge in [0.05, 0.1) is 5.71 Å². The zero-order valence-electron chi connectivity index (χ0n) is 14.3. The molecule has 2 rings (SSSR count). The van der Waals surface area contributed by atoms with Crippen LogP contribution in [0.15, 0.2) is 23.9 Å². The molecular formula is C18H29N5. The maximum absolute atomic E-state index is 8.12. The molecule has 0 aromatic carbocycles. The minimum Gasteiger partial charge on any atom is -0.393 e. The molecular weight excluding hydrogens is 286 g/mol. The van der Waals surface area contributed by atoms with Crippen LogP contribution in [0.2, 0.25) is 0 Å². The van der Waals surface area contributed by atoms with Gasteiger partial charge in [-0.15, -0.1) is 0 Å². The molecule has 0 aromatic rings. The fourth-order valence-corrected chi connectivity index (χ4v) is 3.86. The van der Waals surface area contributed by atoms with E-state index in [0.29, 0.717) is 28.3 Å². The third-order valence-electron chi connectivity index (χ3n) is 5.05. The summed E-state index contributed by atoms with van der Waals surface area (Å²) in [6.07, 6.45) is 10.9. The van der Waals surface area contributed by atoms with Gasteiger partial charge in [-0.3, -0.25) is 0 Å². The van der Waals surface area contributed by atoms with Gasteiger partial charge in [0.1, 0.15) is 0 Å². The van der Waals surface area contributed by atoms with Crippen LogP contribution in [-0.4, -0.2) is 37.3 Å². The summed E-state index contributed by atoms with van der Waals surface area (Å²) in [5, 5.41) is 30.1. The van der Waals surface area contributed by atoms with Crippen molar-refractivity contribution in [2.45, 2.75) is 39.0 Å². The van der Waals surface area contributed by atoms with Crippen molar-refractivity contribution in [2.75, 3.05) is 20.1 Å². The first kappa shape index (κ1) is 17.6. The zero-order chi connectivity index (χ0) is 16.9. The fourth-order valence-electron chi connectivity index (χ4n) is 3.86. The van der Waals surface area contributed by atoms with Gasteiger partial charge in [-0.25, -0.2) is 0 Å². The van der Waals surface area contributed by atoms with Crippen LogP contribution in [0.25, 0.3) is 0 Å². The lowest BCUT2D eigenvalue weighted by Crippen LogP contribution is -2.45. The molecule has 23 heavy (non-hydrogen) atoms. The molecule has 126 valence electrons. The lowest BCUT2D eigenvalue weighted by molar-refractivity contribution is 0.0256. The van der Waals surface area contributed by atoms with E-state index in [1.807, 2.05) is 0 Å². The molecule has 0 unspecified atom stereocenters. The van der Waals surface area contributed by atoms with Crippen molar-refractivity contribution >= 4 is 17.1 Å². The Morgan fingerprint density at radius 1 is 1.17 bits per heavy atom. The monoisotopic (exact) mass is 315 g/mol. The summed E-state index contributed by atoms with van der Waals surface area (Å²) >= 11 is 0. The Bertz CT molecular complexity index is 530. The summed E-state index contributed by atoms with van der Waals surface area (Å²) in [4.78, 5) is 0. The summed E-state index contributed by atoms with van der Waals surface area (Å²) in [7, 11) is 1.76. The SMILES string of the molecule is CN/C=C(\C(C)=N)C(=N)/C=C\C(=N)CC1CC2(CCNCC2)C1. The minimum atomic E-state index is 0.278. The number of hydrogen-bond donors (Lipinski definition) is 5. The number of hydrogen-bond acceptors (Lipinski definition) is 5. The second-order valence-corrected chi connectivity index (χ2v) is 6.97. The highest BCUT2D eigenvalue weighted by Crippen LogP contribution is 2.52. The Labute approximate surface area is 139 Å². The Hall–Kier alpha value is -1.75. The Morgan fingerprint density at radius 3 is 2.39 bits per heavy atom. The highest BCUT2D eigenvalue weighted by Gasteiger charge is 2.44. The smallest absolute Gasteiger partial charge is 0.0645 e. The normalized spacial score (nSPS) is 21.2. The topological polar surface area (TPSA) is 95.6 Å². The fraction of sp³-hybridized carbons (Fsp3) is 0.611. The van der Waals surface area contributed by atoms with Gasteiger partial charge < -0.3 is 26.9 Å². The second kappa shape index (κ2) is 7.68. The first-order valence-electron chi connectivity index (χ1n) is 8.44. The molecule has 0 atom stereocenters. The van der Waals surface area contributed by atoms with Gasteiger partial charge in [0.25, 0.3) is 0 Å². The van der Waals surface area contributed by atoms with E-state index >= 15 is 0 Å². The largest absolute Gasteiger partial charge is 0.393 e. The van der Waals surface area contributed by atoms with Crippen LogP contribution in [0.5, 0.6) is 0 Å². The maximum Gasteiger partial charge on any atom is 0.0645 e. The van der Waals surface area contributed by atoms with Crippen LogP contribution >= 0.6 is 0 Å². The standard InChI is InChI=1S/C18H29N5/c1-13(19)16(12-22-2)17(21)4-3-15(20)9-14-10-18(11-14)5-7-23-8-6-18/h3-4,12,14,19-23H,5-11H2,1-2H3/b4-3-,16-12+,19-13?,20-15?,21-17?. The molecule has 0 aromatic heterocycles. The van der Waals surface area contributed by atoms with Gasteiger partial charge in [-0.05, 0) is 75.6 Å². The summed E-state index contributed by atoms with van der Waals surface area (Å²) in [6, 6.07) is 0. The summed E-state index contributed by atoms with van der Waals surface area (Å²) in [5.41, 5.74) is 2.35. The van der Waals surface area contributed by atoms with Crippen molar-refractivity contribution in [1.82, 2.24) is 10.6 Å². The molecule has 5 N–H and O–H groups in total. The molecule has 1 saturated carbocycles. The highest BCUT2D eigenvalue weighted by molar-refractivity contribution is 6.26. The first-order chi connectivity index (χ1) is 11.0. The Kier molecular flexibility index (Phi) is 5.88. The predicted octanol–water partition coefficient (Wildman–Crippen LogP) is 2.90. The van der Waals surface area contributed by atoms with Gasteiger partial charge >= 0.3 is 0 Å². The quantitative estimate of drug-likeness (QED) is 0.467. The van der Waals surface area contributed by atoms with Crippen LogP contribution < -0.4 is 10.6 Å². The molecule has 1 heterocycles. The summed E-state index contributed by atoms with van der Waals surface area (Å²) < 4.78 is 0. The van der Waals surface area contributed by atoms with E-state index in [1.165, 1.54) is 25.7 Å². The maximum atomic E-state index is 8.12. The number of piperidine rings is 1. The van der Waals surface area contributed by atoms with E-state index in [-0.39, 0.29) is 5.71 Å². The minimum absolute atomic E-state index is 0.278. The van der Waals surface area contributed by atoms with Crippen molar-refractivity contribution in [3.63, 3.8) is 0 Å². The van der Waals surface area contributed by atoms with Crippen LogP contribution in [0.3, 0.4) is 0 Å². The summed E-state index contributed by atoms with van der Waals surface area (Å²) in [5.74, 6) is 0.635. The Balaban J connectivity index is 1.80. The van der Waals surface area contributed by atoms with E-state index in [2.05, 4.69) is 10.6 Å². The first-order valence-corrected chi connectivity index (χ1v) is 8.44. The molecule has 1 aliphatic heterocycles. The van der Waals surface area contributed by atoms with Crippen molar-refractivity contribution in [3.8, 4) is 0 Å². The van der Waals surface area contributed by atoms with Crippen molar-refractivity contribution in [1.29, 1.82) is 16.2 Å². The van der Waals surface area contributed by atoms with E-state index in [0.717, 1.165) is 19.5 Å². The lowest BCUT2D eigenvalue weighted by atomic mass is 9.57.